The molecule has 2 aromatic carbocycles. The summed E-state index contributed by atoms with van der Waals surface area (Å²) >= 11 is 1.46. The van der Waals surface area contributed by atoms with Crippen LogP contribution in [0.3, 0.4) is 0 Å². The number of benzene rings is 2. The van der Waals surface area contributed by atoms with Crippen molar-refractivity contribution in [1.82, 2.24) is 0 Å². The maximum atomic E-state index is 13.0. The second kappa shape index (κ2) is 6.54. The van der Waals surface area contributed by atoms with Gasteiger partial charge in [0.05, 0.1) is 5.56 Å². The van der Waals surface area contributed by atoms with Crippen molar-refractivity contribution in [3.05, 3.63) is 65.2 Å². The van der Waals surface area contributed by atoms with E-state index >= 15 is 0 Å². The van der Waals surface area contributed by atoms with E-state index in [1.807, 2.05) is 31.2 Å². The molecule has 2 N–H and O–H groups in total. The molecule has 0 radical (unpaired) electrons. The van der Waals surface area contributed by atoms with E-state index in [0.29, 0.717) is 5.75 Å². The molecule has 1 atom stereocenters. The van der Waals surface area contributed by atoms with E-state index in [4.69, 9.17) is 5.73 Å². The number of rotatable bonds is 4. The predicted octanol–water partition coefficient (Wildman–Crippen LogP) is 4.81. The molecule has 21 heavy (non-hydrogen) atoms. The van der Waals surface area contributed by atoms with Crippen LogP contribution in [0.15, 0.2) is 53.4 Å². The summed E-state index contributed by atoms with van der Waals surface area (Å²) < 4.78 is 38.9. The van der Waals surface area contributed by atoms with E-state index in [1.54, 1.807) is 6.07 Å². The number of hydrogen-bond donors (Lipinski definition) is 1. The van der Waals surface area contributed by atoms with Crippen molar-refractivity contribution in [3.8, 4) is 0 Å². The van der Waals surface area contributed by atoms with Crippen molar-refractivity contribution >= 4 is 11.8 Å². The lowest BCUT2D eigenvalue weighted by molar-refractivity contribution is -0.138. The van der Waals surface area contributed by atoms with E-state index < -0.39 is 17.8 Å². The third kappa shape index (κ3) is 4.25. The Balaban J connectivity index is 2.10. The van der Waals surface area contributed by atoms with E-state index in [-0.39, 0.29) is 5.56 Å². The zero-order valence-electron chi connectivity index (χ0n) is 11.5. The largest absolute Gasteiger partial charge is 0.416 e. The fraction of sp³-hybridized carbons (Fsp3) is 0.250. The average molecular weight is 311 g/mol. The molecule has 0 aromatic heterocycles. The smallest absolute Gasteiger partial charge is 0.323 e. The number of halogens is 3. The fourth-order valence-electron chi connectivity index (χ4n) is 1.99. The molecule has 0 fully saturated rings. The zero-order chi connectivity index (χ0) is 15.5. The Morgan fingerprint density at radius 1 is 1.05 bits per heavy atom. The van der Waals surface area contributed by atoms with Crippen molar-refractivity contribution in [3.63, 3.8) is 0 Å². The summed E-state index contributed by atoms with van der Waals surface area (Å²) in [5, 5.41) is 0. The van der Waals surface area contributed by atoms with Crippen molar-refractivity contribution < 1.29 is 13.2 Å². The van der Waals surface area contributed by atoms with Gasteiger partial charge in [0, 0.05) is 16.7 Å². The molecular weight excluding hydrogens is 295 g/mol. The van der Waals surface area contributed by atoms with Crippen LogP contribution in [-0.4, -0.2) is 5.75 Å². The van der Waals surface area contributed by atoms with E-state index in [1.165, 1.54) is 23.9 Å². The maximum absolute atomic E-state index is 13.0. The van der Waals surface area contributed by atoms with Crippen LogP contribution in [-0.2, 0) is 6.18 Å². The second-order valence-electron chi connectivity index (χ2n) is 4.82. The summed E-state index contributed by atoms with van der Waals surface area (Å²) in [4.78, 5) is 1.00. The second-order valence-corrected chi connectivity index (χ2v) is 5.91. The lowest BCUT2D eigenvalue weighted by atomic mass is 10.0. The molecule has 0 aliphatic carbocycles. The Morgan fingerprint density at radius 3 is 2.29 bits per heavy atom. The molecule has 0 amide bonds. The van der Waals surface area contributed by atoms with Gasteiger partial charge < -0.3 is 5.73 Å². The molecule has 0 saturated heterocycles. The molecule has 0 heterocycles. The van der Waals surface area contributed by atoms with Crippen LogP contribution in [0.1, 0.15) is 22.7 Å². The third-order valence-corrected chi connectivity index (χ3v) is 4.25. The number of aryl methyl sites for hydroxylation is 1. The molecule has 1 unspecified atom stereocenters. The van der Waals surface area contributed by atoms with E-state index in [2.05, 4.69) is 0 Å². The predicted molar refractivity (Wildman–Crippen MR) is 80.3 cm³/mol. The fourth-order valence-corrected chi connectivity index (χ4v) is 2.87. The van der Waals surface area contributed by atoms with E-state index in [0.717, 1.165) is 16.5 Å². The van der Waals surface area contributed by atoms with Gasteiger partial charge in [-0.25, -0.2) is 0 Å². The van der Waals surface area contributed by atoms with Gasteiger partial charge in [-0.15, -0.1) is 11.8 Å². The van der Waals surface area contributed by atoms with Gasteiger partial charge in [0.2, 0.25) is 0 Å². The highest BCUT2D eigenvalue weighted by atomic mass is 32.2. The topological polar surface area (TPSA) is 26.0 Å². The Labute approximate surface area is 126 Å². The van der Waals surface area contributed by atoms with Gasteiger partial charge in [-0.3, -0.25) is 0 Å². The standard InChI is InChI=1S/C16H16F3NS/c1-11-6-8-12(9-7-11)21-10-15(20)13-4-2-3-5-14(13)16(17,18)19/h2-9,15H,10,20H2,1H3. The van der Waals surface area contributed by atoms with Crippen molar-refractivity contribution in [1.29, 1.82) is 0 Å². The Bertz CT molecular complexity index is 593. The summed E-state index contributed by atoms with van der Waals surface area (Å²) in [7, 11) is 0. The molecular formula is C16H16F3NS. The SMILES string of the molecule is Cc1ccc(SCC(N)c2ccccc2C(F)(F)F)cc1. The van der Waals surface area contributed by atoms with Gasteiger partial charge in [-0.2, -0.15) is 13.2 Å². The highest BCUT2D eigenvalue weighted by molar-refractivity contribution is 7.99. The minimum Gasteiger partial charge on any atom is -0.323 e. The van der Waals surface area contributed by atoms with Gasteiger partial charge >= 0.3 is 6.18 Å². The molecule has 1 nitrogen and oxygen atoms in total. The van der Waals surface area contributed by atoms with Gasteiger partial charge in [-0.05, 0) is 30.7 Å². The molecule has 0 spiro atoms. The number of alkyl halides is 3. The first kappa shape index (κ1) is 15.9. The normalized spacial score (nSPS) is 13.2. The molecule has 2 rings (SSSR count). The summed E-state index contributed by atoms with van der Waals surface area (Å²) in [6.07, 6.45) is -4.37. The van der Waals surface area contributed by atoms with Crippen LogP contribution in [0.5, 0.6) is 0 Å². The van der Waals surface area contributed by atoms with Gasteiger partial charge in [0.15, 0.2) is 0 Å². The Kier molecular flexibility index (Phi) is 4.96. The maximum Gasteiger partial charge on any atom is 0.416 e. The highest BCUT2D eigenvalue weighted by Gasteiger charge is 2.34. The Hall–Kier alpha value is -1.46. The van der Waals surface area contributed by atoms with Crippen LogP contribution in [0, 0.1) is 6.92 Å². The molecule has 0 saturated carbocycles. The molecule has 112 valence electrons. The number of thioether (sulfide) groups is 1. The monoisotopic (exact) mass is 311 g/mol. The minimum atomic E-state index is -4.37. The first-order chi connectivity index (χ1) is 9.88. The number of nitrogens with two attached hydrogens (primary N) is 1. The third-order valence-electron chi connectivity index (χ3n) is 3.12. The summed E-state index contributed by atoms with van der Waals surface area (Å²) in [6, 6.07) is 12.7. The van der Waals surface area contributed by atoms with Crippen LogP contribution in [0.2, 0.25) is 0 Å². The van der Waals surface area contributed by atoms with E-state index in [9.17, 15) is 13.2 Å². The van der Waals surface area contributed by atoms with Crippen molar-refractivity contribution in [2.24, 2.45) is 5.73 Å². The molecule has 5 heteroatoms. The summed E-state index contributed by atoms with van der Waals surface area (Å²) in [5.41, 5.74) is 6.59. The number of hydrogen-bond acceptors (Lipinski definition) is 2. The molecule has 0 aliphatic heterocycles. The van der Waals surface area contributed by atoms with Gasteiger partial charge in [-0.1, -0.05) is 35.9 Å². The first-order valence-electron chi connectivity index (χ1n) is 6.49. The molecule has 0 bridgehead atoms. The average Bonchev–Trinajstić information content (AvgIpc) is 2.45. The first-order valence-corrected chi connectivity index (χ1v) is 7.47. The molecule has 2 aromatic rings. The summed E-state index contributed by atoms with van der Waals surface area (Å²) in [6.45, 7) is 1.99. The van der Waals surface area contributed by atoms with Gasteiger partial charge in [0.25, 0.3) is 0 Å². The van der Waals surface area contributed by atoms with Gasteiger partial charge in [0.1, 0.15) is 0 Å². The highest BCUT2D eigenvalue weighted by Crippen LogP contribution is 2.35. The summed E-state index contributed by atoms with van der Waals surface area (Å²) in [5.74, 6) is 0.399. The van der Waals surface area contributed by atoms with Crippen molar-refractivity contribution in [2.45, 2.75) is 24.0 Å². The lowest BCUT2D eigenvalue weighted by Crippen LogP contribution is -2.19. The van der Waals surface area contributed by atoms with Crippen LogP contribution >= 0.6 is 11.8 Å². The zero-order valence-corrected chi connectivity index (χ0v) is 12.3. The minimum absolute atomic E-state index is 0.143. The van der Waals surface area contributed by atoms with Crippen LogP contribution in [0.4, 0.5) is 13.2 Å². The lowest BCUT2D eigenvalue weighted by Gasteiger charge is -2.18. The van der Waals surface area contributed by atoms with Crippen LogP contribution in [0.25, 0.3) is 0 Å². The quantitative estimate of drug-likeness (QED) is 0.820. The Morgan fingerprint density at radius 2 is 1.67 bits per heavy atom. The van der Waals surface area contributed by atoms with Crippen LogP contribution < -0.4 is 5.73 Å². The molecule has 0 aliphatic rings. The van der Waals surface area contributed by atoms with Crippen molar-refractivity contribution in [2.75, 3.05) is 5.75 Å².